The summed E-state index contributed by atoms with van der Waals surface area (Å²) < 4.78 is 5.06. The minimum atomic E-state index is -1.12. The molecule has 1 aromatic carbocycles. The van der Waals surface area contributed by atoms with Gasteiger partial charge in [0, 0.05) is 18.7 Å². The van der Waals surface area contributed by atoms with Gasteiger partial charge in [-0.05, 0) is 31.0 Å². The van der Waals surface area contributed by atoms with Crippen molar-refractivity contribution in [1.29, 1.82) is 0 Å². The molecule has 3 rings (SSSR count). The van der Waals surface area contributed by atoms with E-state index < -0.39 is 17.5 Å². The lowest BCUT2D eigenvalue weighted by Crippen LogP contribution is -2.55. The first-order valence-corrected chi connectivity index (χ1v) is 7.79. The van der Waals surface area contributed by atoms with Crippen molar-refractivity contribution < 1.29 is 19.4 Å². The van der Waals surface area contributed by atoms with Crippen LogP contribution in [0.5, 0.6) is 0 Å². The number of aliphatic carboxylic acids is 1. The summed E-state index contributed by atoms with van der Waals surface area (Å²) in [4.78, 5) is 14.0. The maximum absolute atomic E-state index is 11.9. The largest absolute Gasteiger partial charge is 0.481 e. The van der Waals surface area contributed by atoms with Gasteiger partial charge in [-0.3, -0.25) is 9.69 Å². The van der Waals surface area contributed by atoms with Crippen LogP contribution in [0.15, 0.2) is 53.3 Å². The van der Waals surface area contributed by atoms with Gasteiger partial charge < -0.3 is 14.6 Å². The van der Waals surface area contributed by atoms with Crippen LogP contribution in [0, 0.1) is 5.41 Å². The highest BCUT2D eigenvalue weighted by Gasteiger charge is 2.48. The van der Waals surface area contributed by atoms with E-state index in [0.29, 0.717) is 32.5 Å². The van der Waals surface area contributed by atoms with Crippen LogP contribution in [0.25, 0.3) is 0 Å². The summed E-state index contributed by atoms with van der Waals surface area (Å²) in [5.41, 5.74) is 0.856. The lowest BCUT2D eigenvalue weighted by Gasteiger charge is -2.42. The van der Waals surface area contributed by atoms with Gasteiger partial charge in [-0.1, -0.05) is 30.3 Å². The third-order valence-corrected chi connectivity index (χ3v) is 4.72. The molecule has 0 radical (unpaired) electrons. The molecule has 2 heterocycles. The summed E-state index contributed by atoms with van der Waals surface area (Å²) in [5.74, 6) is -0.920. The Morgan fingerprint density at radius 3 is 2.65 bits per heavy atom. The summed E-state index contributed by atoms with van der Waals surface area (Å²) >= 11 is 0. The number of nitrogens with zero attached hydrogens (tertiary/aromatic N) is 1. The van der Waals surface area contributed by atoms with E-state index in [9.17, 15) is 15.0 Å². The predicted octanol–water partition coefficient (Wildman–Crippen LogP) is 2.16. The zero-order valence-corrected chi connectivity index (χ0v) is 12.9. The van der Waals surface area contributed by atoms with Crippen molar-refractivity contribution in [3.63, 3.8) is 0 Å². The van der Waals surface area contributed by atoms with Crippen LogP contribution >= 0.6 is 0 Å². The van der Waals surface area contributed by atoms with Crippen molar-refractivity contribution in [3.8, 4) is 0 Å². The summed E-state index contributed by atoms with van der Waals surface area (Å²) in [6.07, 6.45) is 3.17. The minimum absolute atomic E-state index is 0.351. The molecule has 1 aliphatic heterocycles. The Bertz CT molecular complexity index is 640. The fraction of sp³-hybridized carbons (Fsp3) is 0.389. The van der Waals surface area contributed by atoms with Gasteiger partial charge in [0.2, 0.25) is 0 Å². The SMILES string of the molecule is O=C(O)[C@@]1(Cc2ccccc2)CCN(Cc2ccoc2)C[C@H]1O. The van der Waals surface area contributed by atoms with Gasteiger partial charge in [0.15, 0.2) is 0 Å². The third kappa shape index (κ3) is 3.30. The average Bonchev–Trinajstić information content (AvgIpc) is 3.04. The Balaban J connectivity index is 1.73. The lowest BCUT2D eigenvalue weighted by atomic mass is 9.71. The van der Waals surface area contributed by atoms with Gasteiger partial charge in [-0.2, -0.15) is 0 Å². The molecule has 5 nitrogen and oxygen atoms in total. The summed E-state index contributed by atoms with van der Waals surface area (Å²) in [7, 11) is 0. The number of carboxylic acid groups (broad SMARTS) is 1. The maximum atomic E-state index is 11.9. The molecule has 2 N–H and O–H groups in total. The number of aliphatic hydroxyl groups is 1. The van der Waals surface area contributed by atoms with Crippen LogP contribution in [-0.2, 0) is 17.8 Å². The van der Waals surface area contributed by atoms with Gasteiger partial charge in [0.25, 0.3) is 0 Å². The number of piperidine rings is 1. The number of hydrogen-bond acceptors (Lipinski definition) is 4. The number of carboxylic acids is 1. The zero-order chi connectivity index (χ0) is 16.3. The Kier molecular flexibility index (Phi) is 4.50. The van der Waals surface area contributed by atoms with Crippen LogP contribution in [0.3, 0.4) is 0 Å². The Morgan fingerprint density at radius 2 is 2.04 bits per heavy atom. The molecule has 0 aliphatic carbocycles. The number of carbonyl (C=O) groups is 1. The molecule has 1 aliphatic rings. The molecule has 23 heavy (non-hydrogen) atoms. The van der Waals surface area contributed by atoms with E-state index in [-0.39, 0.29) is 0 Å². The fourth-order valence-electron chi connectivity index (χ4n) is 3.31. The Labute approximate surface area is 135 Å². The highest BCUT2D eigenvalue weighted by Crippen LogP contribution is 2.36. The zero-order valence-electron chi connectivity index (χ0n) is 12.9. The average molecular weight is 315 g/mol. The van der Waals surface area contributed by atoms with Gasteiger partial charge >= 0.3 is 5.97 Å². The molecule has 1 saturated heterocycles. The predicted molar refractivity (Wildman–Crippen MR) is 84.8 cm³/mol. The van der Waals surface area contributed by atoms with Gasteiger partial charge in [0.1, 0.15) is 5.41 Å². The molecule has 1 aromatic heterocycles. The van der Waals surface area contributed by atoms with E-state index in [2.05, 4.69) is 4.90 Å². The van der Waals surface area contributed by atoms with E-state index in [0.717, 1.165) is 11.1 Å². The van der Waals surface area contributed by atoms with Gasteiger partial charge in [-0.25, -0.2) is 0 Å². The number of furan rings is 1. The quantitative estimate of drug-likeness (QED) is 0.884. The standard InChI is InChI=1S/C18H21NO4/c20-16-12-19(11-15-6-9-23-13-15)8-7-18(16,17(21)22)10-14-4-2-1-3-5-14/h1-6,9,13,16,20H,7-8,10-12H2,(H,21,22)/t16-,18-/m1/s1. The summed E-state index contributed by atoms with van der Waals surface area (Å²) in [6.45, 7) is 1.65. The van der Waals surface area contributed by atoms with Crippen molar-refractivity contribution in [3.05, 3.63) is 60.1 Å². The Hall–Kier alpha value is -2.11. The second-order valence-corrected chi connectivity index (χ2v) is 6.26. The number of aliphatic hydroxyl groups excluding tert-OH is 1. The van der Waals surface area contributed by atoms with Gasteiger partial charge in [0.05, 0.1) is 18.6 Å². The van der Waals surface area contributed by atoms with Crippen molar-refractivity contribution >= 4 is 5.97 Å². The normalized spacial score (nSPS) is 25.3. The Morgan fingerprint density at radius 1 is 1.26 bits per heavy atom. The fourth-order valence-corrected chi connectivity index (χ4v) is 3.31. The van der Waals surface area contributed by atoms with Crippen LogP contribution in [0.2, 0.25) is 0 Å². The molecule has 2 aromatic rings. The molecular formula is C18H21NO4. The molecule has 122 valence electrons. The molecular weight excluding hydrogens is 294 g/mol. The number of hydrogen-bond donors (Lipinski definition) is 2. The van der Waals surface area contributed by atoms with E-state index in [1.54, 1.807) is 12.5 Å². The first kappa shape index (κ1) is 15.8. The monoisotopic (exact) mass is 315 g/mol. The van der Waals surface area contributed by atoms with E-state index in [1.165, 1.54) is 0 Å². The first-order valence-electron chi connectivity index (χ1n) is 7.79. The topological polar surface area (TPSA) is 73.9 Å². The van der Waals surface area contributed by atoms with E-state index >= 15 is 0 Å². The van der Waals surface area contributed by atoms with Crippen molar-refractivity contribution in [1.82, 2.24) is 4.90 Å². The third-order valence-electron chi connectivity index (χ3n) is 4.72. The maximum Gasteiger partial charge on any atom is 0.312 e. The van der Waals surface area contributed by atoms with Crippen molar-refractivity contribution in [2.24, 2.45) is 5.41 Å². The number of likely N-dealkylation sites (tertiary alicyclic amines) is 1. The number of benzene rings is 1. The van der Waals surface area contributed by atoms with E-state index in [4.69, 9.17) is 4.42 Å². The molecule has 2 atom stereocenters. The second-order valence-electron chi connectivity index (χ2n) is 6.26. The lowest BCUT2D eigenvalue weighted by molar-refractivity contribution is -0.163. The first-order chi connectivity index (χ1) is 11.1. The molecule has 0 amide bonds. The molecule has 1 fully saturated rings. The molecule has 0 bridgehead atoms. The summed E-state index contributed by atoms with van der Waals surface area (Å²) in [5, 5.41) is 20.4. The summed E-state index contributed by atoms with van der Waals surface area (Å²) in [6, 6.07) is 11.4. The molecule has 5 heteroatoms. The number of β-amino-alcohol motifs (C(OH)–C–C–N with tert-alkyl or cyclic N) is 1. The van der Waals surface area contributed by atoms with Crippen molar-refractivity contribution in [2.45, 2.75) is 25.5 Å². The molecule has 0 spiro atoms. The smallest absolute Gasteiger partial charge is 0.312 e. The second kappa shape index (κ2) is 6.56. The van der Waals surface area contributed by atoms with Crippen LogP contribution in [0.4, 0.5) is 0 Å². The highest BCUT2D eigenvalue weighted by molar-refractivity contribution is 5.76. The van der Waals surface area contributed by atoms with Crippen LogP contribution in [0.1, 0.15) is 17.5 Å². The van der Waals surface area contributed by atoms with Gasteiger partial charge in [-0.15, -0.1) is 0 Å². The number of rotatable bonds is 5. The highest BCUT2D eigenvalue weighted by atomic mass is 16.4. The molecule has 0 unspecified atom stereocenters. The minimum Gasteiger partial charge on any atom is -0.481 e. The molecule has 0 saturated carbocycles. The van der Waals surface area contributed by atoms with E-state index in [1.807, 2.05) is 36.4 Å². The van der Waals surface area contributed by atoms with Crippen LogP contribution in [-0.4, -0.2) is 40.3 Å². The van der Waals surface area contributed by atoms with Crippen molar-refractivity contribution in [2.75, 3.05) is 13.1 Å². The van der Waals surface area contributed by atoms with Crippen LogP contribution < -0.4 is 0 Å².